The highest BCUT2D eigenvalue weighted by Gasteiger charge is 2.18. The normalized spacial score (nSPS) is 12.2. The average Bonchev–Trinajstić information content (AvgIpc) is 2.40. The molecule has 0 bridgehead atoms. The fourth-order valence-electron chi connectivity index (χ4n) is 1.77. The van der Waals surface area contributed by atoms with E-state index in [4.69, 9.17) is 23.2 Å². The van der Waals surface area contributed by atoms with E-state index in [1.165, 1.54) is 0 Å². The van der Waals surface area contributed by atoms with E-state index in [9.17, 15) is 4.79 Å². The van der Waals surface area contributed by atoms with Gasteiger partial charge in [-0.1, -0.05) is 69.5 Å². The number of Topliss-reactive ketones (excluding diaryl/α,β-unsaturated/α-hetero) is 1. The van der Waals surface area contributed by atoms with Gasteiger partial charge >= 0.3 is 0 Å². The lowest BCUT2D eigenvalue weighted by molar-refractivity contribution is 0.0991. The van der Waals surface area contributed by atoms with E-state index >= 15 is 0 Å². The van der Waals surface area contributed by atoms with Crippen molar-refractivity contribution in [2.75, 3.05) is 0 Å². The van der Waals surface area contributed by atoms with E-state index in [2.05, 4.69) is 15.9 Å². The van der Waals surface area contributed by atoms with Crippen molar-refractivity contribution in [1.29, 1.82) is 0 Å². The maximum absolute atomic E-state index is 12.3. The predicted octanol–water partition coefficient (Wildman–Crippen LogP) is 5.18. The number of rotatable bonds is 4. The molecule has 0 N–H and O–H groups in total. The fourth-order valence-corrected chi connectivity index (χ4v) is 2.79. The third kappa shape index (κ3) is 3.82. The van der Waals surface area contributed by atoms with Crippen LogP contribution in [-0.2, 0) is 6.42 Å². The number of carbonyl (C=O) groups excluding carboxylic acids is 1. The van der Waals surface area contributed by atoms with E-state index in [0.29, 0.717) is 22.0 Å². The summed E-state index contributed by atoms with van der Waals surface area (Å²) in [6, 6.07) is 14.5. The Labute approximate surface area is 130 Å². The molecule has 2 rings (SSSR count). The molecule has 0 aromatic heterocycles. The molecule has 0 aliphatic heterocycles. The molecule has 0 saturated heterocycles. The highest BCUT2D eigenvalue weighted by Crippen LogP contribution is 2.22. The first-order valence-corrected chi connectivity index (χ1v) is 7.42. The zero-order chi connectivity index (χ0) is 13.8. The third-order valence-corrected chi connectivity index (χ3v) is 4.09. The van der Waals surface area contributed by atoms with Gasteiger partial charge in [-0.3, -0.25) is 4.79 Å². The van der Waals surface area contributed by atoms with E-state index in [-0.39, 0.29) is 10.6 Å². The van der Waals surface area contributed by atoms with Gasteiger partial charge in [-0.05, 0) is 30.2 Å². The van der Waals surface area contributed by atoms with Crippen molar-refractivity contribution in [2.24, 2.45) is 0 Å². The van der Waals surface area contributed by atoms with Crippen molar-refractivity contribution in [3.8, 4) is 0 Å². The van der Waals surface area contributed by atoms with Crippen LogP contribution in [0.4, 0.5) is 0 Å². The second-order valence-corrected chi connectivity index (χ2v) is 6.09. The first kappa shape index (κ1) is 14.6. The second-order valence-electron chi connectivity index (χ2n) is 4.14. The standard InChI is InChI=1S/C15H11BrCl2O/c16-13(9-10-4-1-2-7-14(10)18)15(19)11-5-3-6-12(17)8-11/h1-8,13H,9H2. The minimum atomic E-state index is -0.314. The molecular weight excluding hydrogens is 347 g/mol. The van der Waals surface area contributed by atoms with Crippen molar-refractivity contribution < 1.29 is 4.79 Å². The van der Waals surface area contributed by atoms with Gasteiger partial charge in [-0.25, -0.2) is 0 Å². The van der Waals surface area contributed by atoms with Gasteiger partial charge in [0.1, 0.15) is 0 Å². The Morgan fingerprint density at radius 1 is 1.11 bits per heavy atom. The summed E-state index contributed by atoms with van der Waals surface area (Å²) in [5.41, 5.74) is 1.54. The van der Waals surface area contributed by atoms with Gasteiger partial charge in [0.2, 0.25) is 0 Å². The predicted molar refractivity (Wildman–Crippen MR) is 83.7 cm³/mol. The number of alkyl halides is 1. The Hall–Kier alpha value is -0.830. The topological polar surface area (TPSA) is 17.1 Å². The van der Waals surface area contributed by atoms with Crippen molar-refractivity contribution in [3.05, 3.63) is 69.7 Å². The van der Waals surface area contributed by atoms with Crippen LogP contribution in [0.5, 0.6) is 0 Å². The van der Waals surface area contributed by atoms with Crippen LogP contribution in [0.15, 0.2) is 48.5 Å². The highest BCUT2D eigenvalue weighted by molar-refractivity contribution is 9.10. The van der Waals surface area contributed by atoms with Gasteiger partial charge in [0.25, 0.3) is 0 Å². The smallest absolute Gasteiger partial charge is 0.176 e. The minimum absolute atomic E-state index is 0.00224. The highest BCUT2D eigenvalue weighted by atomic mass is 79.9. The molecule has 2 aromatic carbocycles. The number of carbonyl (C=O) groups is 1. The first-order chi connectivity index (χ1) is 9.08. The van der Waals surface area contributed by atoms with Crippen LogP contribution < -0.4 is 0 Å². The monoisotopic (exact) mass is 356 g/mol. The number of benzene rings is 2. The zero-order valence-corrected chi connectivity index (χ0v) is 13.0. The Morgan fingerprint density at radius 3 is 2.53 bits per heavy atom. The quantitative estimate of drug-likeness (QED) is 0.544. The summed E-state index contributed by atoms with van der Waals surface area (Å²) in [5.74, 6) is 0.00224. The number of ketones is 1. The molecule has 0 fully saturated rings. The molecule has 0 saturated carbocycles. The number of hydrogen-bond donors (Lipinski definition) is 0. The minimum Gasteiger partial charge on any atom is -0.293 e. The van der Waals surface area contributed by atoms with E-state index in [0.717, 1.165) is 5.56 Å². The van der Waals surface area contributed by atoms with Crippen molar-refractivity contribution in [1.82, 2.24) is 0 Å². The molecule has 2 aromatic rings. The molecule has 19 heavy (non-hydrogen) atoms. The summed E-state index contributed by atoms with van der Waals surface area (Å²) in [7, 11) is 0. The Morgan fingerprint density at radius 2 is 1.84 bits per heavy atom. The van der Waals surface area contributed by atoms with Crippen molar-refractivity contribution in [3.63, 3.8) is 0 Å². The van der Waals surface area contributed by atoms with Crippen molar-refractivity contribution in [2.45, 2.75) is 11.2 Å². The summed E-state index contributed by atoms with van der Waals surface area (Å²) in [6.07, 6.45) is 0.547. The third-order valence-electron chi connectivity index (χ3n) is 2.75. The molecule has 4 heteroatoms. The van der Waals surface area contributed by atoms with Gasteiger partial charge in [-0.2, -0.15) is 0 Å². The zero-order valence-electron chi connectivity index (χ0n) is 9.95. The van der Waals surface area contributed by atoms with E-state index in [1.54, 1.807) is 24.3 Å². The fraction of sp³-hybridized carbons (Fsp3) is 0.133. The van der Waals surface area contributed by atoms with E-state index < -0.39 is 0 Å². The lowest BCUT2D eigenvalue weighted by Crippen LogP contribution is -2.17. The molecule has 98 valence electrons. The molecular formula is C15H11BrCl2O. The number of hydrogen-bond acceptors (Lipinski definition) is 1. The van der Waals surface area contributed by atoms with E-state index in [1.807, 2.05) is 24.3 Å². The van der Waals surface area contributed by atoms with Crippen LogP contribution in [0.25, 0.3) is 0 Å². The average molecular weight is 358 g/mol. The maximum Gasteiger partial charge on any atom is 0.176 e. The Balaban J connectivity index is 2.14. The van der Waals surface area contributed by atoms with Crippen molar-refractivity contribution >= 4 is 44.9 Å². The molecule has 0 radical (unpaired) electrons. The molecule has 0 amide bonds. The summed E-state index contributed by atoms with van der Waals surface area (Å²) in [5, 5.41) is 1.23. The lowest BCUT2D eigenvalue weighted by Gasteiger charge is -2.10. The summed E-state index contributed by atoms with van der Waals surface area (Å²) in [4.78, 5) is 11.9. The lowest BCUT2D eigenvalue weighted by atomic mass is 10.0. The molecule has 0 aliphatic carbocycles. The Bertz CT molecular complexity index is 598. The van der Waals surface area contributed by atoms with Crippen LogP contribution in [0.2, 0.25) is 10.0 Å². The van der Waals surface area contributed by atoms with Gasteiger partial charge in [0.05, 0.1) is 4.83 Å². The number of halogens is 3. The molecule has 0 heterocycles. The molecule has 0 spiro atoms. The SMILES string of the molecule is O=C(c1cccc(Cl)c1)C(Br)Cc1ccccc1Cl. The Kier molecular flexibility index (Phi) is 5.03. The second kappa shape index (κ2) is 6.56. The largest absolute Gasteiger partial charge is 0.293 e. The van der Waals surface area contributed by atoms with Gasteiger partial charge in [0.15, 0.2) is 5.78 Å². The van der Waals surface area contributed by atoms with Crippen LogP contribution in [0.1, 0.15) is 15.9 Å². The van der Waals surface area contributed by atoms with Crippen LogP contribution in [0, 0.1) is 0 Å². The molecule has 0 aliphatic rings. The summed E-state index contributed by atoms with van der Waals surface area (Å²) >= 11 is 15.4. The van der Waals surface area contributed by atoms with Gasteiger partial charge < -0.3 is 0 Å². The summed E-state index contributed by atoms with van der Waals surface area (Å²) in [6.45, 7) is 0. The van der Waals surface area contributed by atoms with Gasteiger partial charge in [0, 0.05) is 15.6 Å². The summed E-state index contributed by atoms with van der Waals surface area (Å²) < 4.78 is 0. The van der Waals surface area contributed by atoms with Crippen LogP contribution >= 0.6 is 39.1 Å². The van der Waals surface area contributed by atoms with Gasteiger partial charge in [-0.15, -0.1) is 0 Å². The molecule has 1 unspecified atom stereocenters. The molecule has 1 nitrogen and oxygen atoms in total. The van der Waals surface area contributed by atoms with Crippen LogP contribution in [-0.4, -0.2) is 10.6 Å². The first-order valence-electron chi connectivity index (χ1n) is 5.75. The maximum atomic E-state index is 12.3. The van der Waals surface area contributed by atoms with Crippen LogP contribution in [0.3, 0.4) is 0 Å². The molecule has 1 atom stereocenters.